The fourth-order valence-corrected chi connectivity index (χ4v) is 2.87. The van der Waals surface area contributed by atoms with Crippen molar-refractivity contribution >= 4 is 28.5 Å². The summed E-state index contributed by atoms with van der Waals surface area (Å²) in [6, 6.07) is 5.53. The maximum atomic E-state index is 12.3. The molecular formula is C18H16ClNO2. The largest absolute Gasteiger partial charge is 0.462 e. The van der Waals surface area contributed by atoms with Crippen molar-refractivity contribution in [3.63, 3.8) is 0 Å². The van der Waals surface area contributed by atoms with E-state index in [1.165, 1.54) is 0 Å². The van der Waals surface area contributed by atoms with Gasteiger partial charge < -0.3 is 4.74 Å². The summed E-state index contributed by atoms with van der Waals surface area (Å²) < 4.78 is 5.18. The average molecular weight is 314 g/mol. The minimum absolute atomic E-state index is 0.0251. The molecule has 0 radical (unpaired) electrons. The van der Waals surface area contributed by atoms with E-state index in [2.05, 4.69) is 29.3 Å². The normalized spacial score (nSPS) is 14.5. The van der Waals surface area contributed by atoms with Gasteiger partial charge in [0.1, 0.15) is 0 Å². The van der Waals surface area contributed by atoms with Gasteiger partial charge in [-0.2, -0.15) is 0 Å². The Bertz CT molecular complexity index is 768. The first-order chi connectivity index (χ1) is 10.7. The predicted molar refractivity (Wildman–Crippen MR) is 88.3 cm³/mol. The second kappa shape index (κ2) is 6.32. The van der Waals surface area contributed by atoms with E-state index in [0.717, 1.165) is 22.9 Å². The second-order valence-corrected chi connectivity index (χ2v) is 5.52. The molecule has 112 valence electrons. The number of hydrogen-bond donors (Lipinski definition) is 0. The summed E-state index contributed by atoms with van der Waals surface area (Å²) in [5, 5.41) is 1.51. The topological polar surface area (TPSA) is 39.2 Å². The summed E-state index contributed by atoms with van der Waals surface area (Å²) in [6.07, 6.45) is 10.9. The number of hydrogen-bond acceptors (Lipinski definition) is 3. The lowest BCUT2D eigenvalue weighted by atomic mass is 9.88. The molecule has 0 atom stereocenters. The van der Waals surface area contributed by atoms with Crippen LogP contribution < -0.4 is 0 Å². The maximum absolute atomic E-state index is 12.3. The van der Waals surface area contributed by atoms with E-state index in [4.69, 9.17) is 16.3 Å². The van der Waals surface area contributed by atoms with Gasteiger partial charge in [-0.1, -0.05) is 35.9 Å². The Morgan fingerprint density at radius 3 is 2.86 bits per heavy atom. The minimum atomic E-state index is -0.348. The zero-order chi connectivity index (χ0) is 15.5. The van der Waals surface area contributed by atoms with E-state index in [0.29, 0.717) is 17.2 Å². The molecule has 0 bridgehead atoms. The molecule has 3 nitrogen and oxygen atoms in total. The Hall–Kier alpha value is -2.13. The number of pyridine rings is 1. The highest BCUT2D eigenvalue weighted by molar-refractivity contribution is 6.31. The molecule has 1 heterocycles. The zero-order valence-electron chi connectivity index (χ0n) is 12.3. The number of fused-ring (bicyclic) bond motifs is 1. The third-order valence-corrected chi connectivity index (χ3v) is 3.89. The van der Waals surface area contributed by atoms with Gasteiger partial charge in [0.2, 0.25) is 0 Å². The van der Waals surface area contributed by atoms with Crippen LogP contribution >= 0.6 is 11.6 Å². The average Bonchev–Trinajstić information content (AvgIpc) is 2.54. The standard InChI is InChI=1S/C18H16ClNO2/c1-2-22-18(21)15-11-20-16-9-8-13(19)10-14(16)17(15)12-6-4-3-5-7-12/h4-12H,2-3H2,1H3. The van der Waals surface area contributed by atoms with Crippen molar-refractivity contribution in [3.05, 3.63) is 64.8 Å². The molecule has 2 aromatic rings. The van der Waals surface area contributed by atoms with Crippen molar-refractivity contribution in [1.29, 1.82) is 0 Å². The SMILES string of the molecule is CCOC(=O)c1cnc2ccc(Cl)cc2c1C1C=CCC=C1. The van der Waals surface area contributed by atoms with Crippen LogP contribution in [-0.2, 0) is 4.74 Å². The van der Waals surface area contributed by atoms with Crippen molar-refractivity contribution in [3.8, 4) is 0 Å². The van der Waals surface area contributed by atoms with Crippen LogP contribution in [0.5, 0.6) is 0 Å². The van der Waals surface area contributed by atoms with Gasteiger partial charge in [0.05, 0.1) is 17.7 Å². The van der Waals surface area contributed by atoms with Crippen LogP contribution in [0.25, 0.3) is 10.9 Å². The lowest BCUT2D eigenvalue weighted by molar-refractivity contribution is 0.0525. The maximum Gasteiger partial charge on any atom is 0.340 e. The van der Waals surface area contributed by atoms with Crippen LogP contribution in [0.1, 0.15) is 35.2 Å². The Balaban J connectivity index is 2.25. The van der Waals surface area contributed by atoms with Crippen molar-refractivity contribution < 1.29 is 9.53 Å². The molecule has 1 aliphatic rings. The first kappa shape index (κ1) is 14.8. The van der Waals surface area contributed by atoms with Gasteiger partial charge in [-0.15, -0.1) is 0 Å². The van der Waals surface area contributed by atoms with E-state index in [-0.39, 0.29) is 11.9 Å². The number of carbonyl (C=O) groups excluding carboxylic acids is 1. The zero-order valence-corrected chi connectivity index (χ0v) is 13.0. The summed E-state index contributed by atoms with van der Waals surface area (Å²) >= 11 is 6.14. The van der Waals surface area contributed by atoms with Crippen LogP contribution in [0.3, 0.4) is 0 Å². The van der Waals surface area contributed by atoms with Gasteiger partial charge in [-0.25, -0.2) is 4.79 Å². The van der Waals surface area contributed by atoms with Crippen LogP contribution in [0.2, 0.25) is 5.02 Å². The molecule has 0 fully saturated rings. The minimum Gasteiger partial charge on any atom is -0.462 e. The Morgan fingerprint density at radius 2 is 2.14 bits per heavy atom. The molecule has 0 saturated heterocycles. The van der Waals surface area contributed by atoms with Gasteiger partial charge >= 0.3 is 5.97 Å². The van der Waals surface area contributed by atoms with E-state index in [1.807, 2.05) is 12.1 Å². The molecule has 4 heteroatoms. The Kier molecular flexibility index (Phi) is 4.25. The fourth-order valence-electron chi connectivity index (χ4n) is 2.70. The van der Waals surface area contributed by atoms with Gasteiger partial charge in [0, 0.05) is 22.5 Å². The highest BCUT2D eigenvalue weighted by Gasteiger charge is 2.21. The van der Waals surface area contributed by atoms with Crippen LogP contribution in [-0.4, -0.2) is 17.6 Å². The highest BCUT2D eigenvalue weighted by Crippen LogP contribution is 2.33. The summed E-state index contributed by atoms with van der Waals surface area (Å²) in [6.45, 7) is 2.13. The quantitative estimate of drug-likeness (QED) is 0.611. The molecule has 22 heavy (non-hydrogen) atoms. The molecule has 0 amide bonds. The lowest BCUT2D eigenvalue weighted by Crippen LogP contribution is -2.11. The molecule has 1 aliphatic carbocycles. The van der Waals surface area contributed by atoms with Gasteiger partial charge in [0.15, 0.2) is 0 Å². The summed E-state index contributed by atoms with van der Waals surface area (Å²) in [4.78, 5) is 16.7. The summed E-state index contributed by atoms with van der Waals surface area (Å²) in [7, 11) is 0. The van der Waals surface area contributed by atoms with Crippen molar-refractivity contribution in [1.82, 2.24) is 4.98 Å². The predicted octanol–water partition coefficient (Wildman–Crippen LogP) is 4.66. The molecule has 0 spiro atoms. The van der Waals surface area contributed by atoms with Crippen molar-refractivity contribution in [2.45, 2.75) is 19.3 Å². The smallest absolute Gasteiger partial charge is 0.340 e. The van der Waals surface area contributed by atoms with Crippen molar-refractivity contribution in [2.24, 2.45) is 0 Å². The number of esters is 1. The van der Waals surface area contributed by atoms with E-state index in [9.17, 15) is 4.79 Å². The van der Waals surface area contributed by atoms with E-state index < -0.39 is 0 Å². The summed E-state index contributed by atoms with van der Waals surface area (Å²) in [5.41, 5.74) is 2.22. The first-order valence-electron chi connectivity index (χ1n) is 7.29. The van der Waals surface area contributed by atoms with Gasteiger partial charge in [-0.05, 0) is 37.1 Å². The third kappa shape index (κ3) is 2.77. The van der Waals surface area contributed by atoms with Crippen LogP contribution in [0.15, 0.2) is 48.7 Å². The molecule has 0 unspecified atom stereocenters. The van der Waals surface area contributed by atoms with Crippen LogP contribution in [0.4, 0.5) is 0 Å². The Labute approximate surface area is 134 Å². The Morgan fingerprint density at radius 1 is 1.36 bits per heavy atom. The monoisotopic (exact) mass is 313 g/mol. The number of allylic oxidation sites excluding steroid dienone is 4. The number of nitrogens with zero attached hydrogens (tertiary/aromatic N) is 1. The molecule has 1 aromatic carbocycles. The van der Waals surface area contributed by atoms with Crippen molar-refractivity contribution in [2.75, 3.05) is 6.61 Å². The highest BCUT2D eigenvalue weighted by atomic mass is 35.5. The molecule has 1 aromatic heterocycles. The molecular weight excluding hydrogens is 298 g/mol. The van der Waals surface area contributed by atoms with E-state index in [1.54, 1.807) is 19.2 Å². The second-order valence-electron chi connectivity index (χ2n) is 5.09. The molecule has 0 aliphatic heterocycles. The van der Waals surface area contributed by atoms with E-state index >= 15 is 0 Å². The van der Waals surface area contributed by atoms with Crippen LogP contribution in [0, 0.1) is 0 Å². The summed E-state index contributed by atoms with van der Waals surface area (Å²) in [5.74, 6) is -0.323. The number of halogens is 1. The molecule has 3 rings (SSSR count). The molecule has 0 N–H and O–H groups in total. The number of rotatable bonds is 3. The lowest BCUT2D eigenvalue weighted by Gasteiger charge is -2.18. The third-order valence-electron chi connectivity index (χ3n) is 3.66. The number of benzene rings is 1. The number of aromatic nitrogens is 1. The van der Waals surface area contributed by atoms with Gasteiger partial charge in [0.25, 0.3) is 0 Å². The van der Waals surface area contributed by atoms with Gasteiger partial charge in [-0.3, -0.25) is 4.98 Å². The fraction of sp³-hybridized carbons (Fsp3) is 0.222. The number of carbonyl (C=O) groups is 1. The first-order valence-corrected chi connectivity index (χ1v) is 7.67. The molecule has 0 saturated carbocycles. The number of ether oxygens (including phenoxy) is 1.